The van der Waals surface area contributed by atoms with Crippen molar-refractivity contribution in [3.05, 3.63) is 30.5 Å². The van der Waals surface area contributed by atoms with Crippen LogP contribution in [0.5, 0.6) is 0 Å². The van der Waals surface area contributed by atoms with E-state index in [-0.39, 0.29) is 0 Å². The van der Waals surface area contributed by atoms with E-state index in [1.807, 2.05) is 24.3 Å². The van der Waals surface area contributed by atoms with Crippen molar-refractivity contribution in [3.8, 4) is 0 Å². The highest BCUT2D eigenvalue weighted by atomic mass is 16.1. The van der Waals surface area contributed by atoms with Crippen LogP contribution in [0.2, 0.25) is 0 Å². The Labute approximate surface area is 63.2 Å². The molecule has 0 saturated heterocycles. The number of carbonyl (C=O) groups is 1. The number of para-hydroxylation sites is 1. The lowest BCUT2D eigenvalue weighted by molar-refractivity contribution is 0.542. The molecule has 11 heavy (non-hydrogen) atoms. The summed E-state index contributed by atoms with van der Waals surface area (Å²) < 4.78 is 1.26. The highest BCUT2D eigenvalue weighted by molar-refractivity contribution is 5.82. The third-order valence-corrected chi connectivity index (χ3v) is 1.53. The van der Waals surface area contributed by atoms with E-state index in [0.29, 0.717) is 6.41 Å². The van der Waals surface area contributed by atoms with Crippen molar-refractivity contribution in [2.24, 2.45) is 0 Å². The Bertz CT molecular complexity index is 392. The smallest absolute Gasteiger partial charge is 0.234 e. The van der Waals surface area contributed by atoms with Crippen molar-refractivity contribution < 1.29 is 4.79 Å². The van der Waals surface area contributed by atoms with Crippen LogP contribution in [-0.4, -0.2) is 16.2 Å². The van der Waals surface area contributed by atoms with Crippen molar-refractivity contribution in [1.29, 1.82) is 0 Å². The second kappa shape index (κ2) is 2.20. The topological polar surface area (TPSA) is 34.9 Å². The lowest BCUT2D eigenvalue weighted by atomic mass is 10.3. The molecule has 0 aliphatic heterocycles. The van der Waals surface area contributed by atoms with Gasteiger partial charge in [-0.2, -0.15) is 5.10 Å². The molecule has 1 radical (unpaired) electrons. The monoisotopic (exact) mass is 145 g/mol. The molecule has 0 saturated carbocycles. The van der Waals surface area contributed by atoms with Crippen LogP contribution in [-0.2, 0) is 4.79 Å². The Hall–Kier alpha value is -1.64. The molecule has 2 rings (SSSR count). The first kappa shape index (κ1) is 6.09. The van der Waals surface area contributed by atoms with Gasteiger partial charge in [-0.25, -0.2) is 4.68 Å². The molecule has 1 aromatic heterocycles. The maximum Gasteiger partial charge on any atom is 0.234 e. The molecule has 2 aromatic rings. The van der Waals surface area contributed by atoms with E-state index < -0.39 is 0 Å². The molecule has 0 unspecified atom stereocenters. The average Bonchev–Trinajstić information content (AvgIpc) is 2.47. The number of aromatic nitrogens is 2. The van der Waals surface area contributed by atoms with Gasteiger partial charge < -0.3 is 0 Å². The Morgan fingerprint density at radius 1 is 1.45 bits per heavy atom. The minimum Gasteiger partial charge on any atom is -0.276 e. The van der Waals surface area contributed by atoms with Gasteiger partial charge in [-0.15, -0.1) is 0 Å². The van der Waals surface area contributed by atoms with Gasteiger partial charge in [0.05, 0.1) is 5.52 Å². The molecule has 0 aliphatic carbocycles. The highest BCUT2D eigenvalue weighted by Gasteiger charge is 1.98. The van der Waals surface area contributed by atoms with E-state index in [1.165, 1.54) is 4.68 Å². The SMILES string of the molecule is O=Cn1n[c]c2ccccc21. The molecule has 1 aromatic carbocycles. The lowest BCUT2D eigenvalue weighted by Gasteiger charge is -1.88. The lowest BCUT2D eigenvalue weighted by Crippen LogP contribution is -1.94. The molecule has 0 spiro atoms. The van der Waals surface area contributed by atoms with Crippen LogP contribution in [0.15, 0.2) is 24.3 Å². The fourth-order valence-electron chi connectivity index (χ4n) is 1.01. The van der Waals surface area contributed by atoms with Gasteiger partial charge in [-0.3, -0.25) is 4.79 Å². The molecule has 53 valence electrons. The van der Waals surface area contributed by atoms with Crippen LogP contribution in [0.4, 0.5) is 0 Å². The average molecular weight is 145 g/mol. The third-order valence-electron chi connectivity index (χ3n) is 1.53. The zero-order valence-corrected chi connectivity index (χ0v) is 5.69. The minimum atomic E-state index is 0.666. The summed E-state index contributed by atoms with van der Waals surface area (Å²) in [5.74, 6) is 0. The summed E-state index contributed by atoms with van der Waals surface area (Å²) in [6.45, 7) is 0. The number of fused-ring (bicyclic) bond motifs is 1. The summed E-state index contributed by atoms with van der Waals surface area (Å²) in [6.07, 6.45) is 3.39. The summed E-state index contributed by atoms with van der Waals surface area (Å²) in [4.78, 5) is 10.4. The predicted octanol–water partition coefficient (Wildman–Crippen LogP) is 0.875. The van der Waals surface area contributed by atoms with Gasteiger partial charge in [0, 0.05) is 5.39 Å². The van der Waals surface area contributed by atoms with E-state index in [9.17, 15) is 4.79 Å². The number of hydrogen-bond acceptors (Lipinski definition) is 2. The first-order valence-electron chi connectivity index (χ1n) is 3.22. The zero-order chi connectivity index (χ0) is 7.68. The van der Waals surface area contributed by atoms with E-state index in [1.54, 1.807) is 0 Å². The number of carbonyl (C=O) groups excluding carboxylic acids is 1. The van der Waals surface area contributed by atoms with Gasteiger partial charge in [-0.05, 0) is 6.07 Å². The molecule has 0 atom stereocenters. The summed E-state index contributed by atoms with van der Waals surface area (Å²) in [5.41, 5.74) is 0.794. The van der Waals surface area contributed by atoms with E-state index in [2.05, 4.69) is 11.3 Å². The molecule has 0 bridgehead atoms. The maximum atomic E-state index is 10.4. The van der Waals surface area contributed by atoms with Gasteiger partial charge >= 0.3 is 0 Å². The molecule has 3 heteroatoms. The van der Waals surface area contributed by atoms with Gasteiger partial charge in [0.1, 0.15) is 6.20 Å². The Morgan fingerprint density at radius 3 is 3.09 bits per heavy atom. The van der Waals surface area contributed by atoms with Gasteiger partial charge in [-0.1, -0.05) is 18.2 Å². The van der Waals surface area contributed by atoms with E-state index in [4.69, 9.17) is 0 Å². The number of nitrogens with zero attached hydrogens (tertiary/aromatic N) is 2. The summed E-state index contributed by atoms with van der Waals surface area (Å²) in [6, 6.07) is 7.43. The highest BCUT2D eigenvalue weighted by Crippen LogP contribution is 2.09. The molecule has 0 aliphatic rings. The van der Waals surface area contributed by atoms with Crippen LogP contribution in [0.1, 0.15) is 0 Å². The Balaban J connectivity index is 2.86. The van der Waals surface area contributed by atoms with Crippen molar-refractivity contribution >= 4 is 17.3 Å². The van der Waals surface area contributed by atoms with Crippen LogP contribution in [0.25, 0.3) is 10.9 Å². The second-order valence-corrected chi connectivity index (χ2v) is 2.18. The molecule has 3 nitrogen and oxygen atoms in total. The van der Waals surface area contributed by atoms with E-state index in [0.717, 1.165) is 10.9 Å². The van der Waals surface area contributed by atoms with Crippen molar-refractivity contribution in [2.45, 2.75) is 0 Å². The standard InChI is InChI=1S/C8H5N2O/c11-6-10-8-4-2-1-3-7(8)5-9-10/h1-4,6H. The summed E-state index contributed by atoms with van der Waals surface area (Å²) >= 11 is 0. The number of benzene rings is 1. The quantitative estimate of drug-likeness (QED) is 0.558. The maximum absolute atomic E-state index is 10.4. The largest absolute Gasteiger partial charge is 0.276 e. The zero-order valence-electron chi connectivity index (χ0n) is 5.69. The summed E-state index contributed by atoms with van der Waals surface area (Å²) in [7, 11) is 0. The molecule has 0 N–H and O–H groups in total. The second-order valence-electron chi connectivity index (χ2n) is 2.18. The van der Waals surface area contributed by atoms with Crippen molar-refractivity contribution in [2.75, 3.05) is 0 Å². The third kappa shape index (κ3) is 0.816. The van der Waals surface area contributed by atoms with Crippen molar-refractivity contribution in [3.63, 3.8) is 0 Å². The molecular weight excluding hydrogens is 140 g/mol. The predicted molar refractivity (Wildman–Crippen MR) is 40.7 cm³/mol. The van der Waals surface area contributed by atoms with Crippen LogP contribution in [0, 0.1) is 6.20 Å². The molecule has 0 fully saturated rings. The minimum absolute atomic E-state index is 0.666. The Morgan fingerprint density at radius 2 is 2.27 bits per heavy atom. The first-order valence-corrected chi connectivity index (χ1v) is 3.22. The van der Waals surface area contributed by atoms with E-state index >= 15 is 0 Å². The normalized spacial score (nSPS) is 10.2. The van der Waals surface area contributed by atoms with Gasteiger partial charge in [0.2, 0.25) is 6.41 Å². The van der Waals surface area contributed by atoms with Crippen LogP contribution in [0.3, 0.4) is 0 Å². The number of rotatable bonds is 1. The van der Waals surface area contributed by atoms with Crippen LogP contribution < -0.4 is 0 Å². The molecular formula is C8H5N2O. The molecule has 1 heterocycles. The molecule has 0 amide bonds. The van der Waals surface area contributed by atoms with Crippen molar-refractivity contribution in [1.82, 2.24) is 9.78 Å². The van der Waals surface area contributed by atoms with Crippen LogP contribution >= 0.6 is 0 Å². The first-order chi connectivity index (χ1) is 5.42. The van der Waals surface area contributed by atoms with Gasteiger partial charge in [0.25, 0.3) is 0 Å². The summed E-state index contributed by atoms with van der Waals surface area (Å²) in [5, 5.41) is 4.60. The Kier molecular flexibility index (Phi) is 1.22. The van der Waals surface area contributed by atoms with Gasteiger partial charge in [0.15, 0.2) is 0 Å². The fourth-order valence-corrected chi connectivity index (χ4v) is 1.01. The fraction of sp³-hybridized carbons (Fsp3) is 0. The number of hydrogen-bond donors (Lipinski definition) is 0.